The smallest absolute Gasteiger partial charge is 0.191 e. The van der Waals surface area contributed by atoms with Crippen LogP contribution in [0.5, 0.6) is 0 Å². The molecule has 0 aromatic carbocycles. The van der Waals surface area contributed by atoms with Crippen LogP contribution >= 0.6 is 24.0 Å². The summed E-state index contributed by atoms with van der Waals surface area (Å²) >= 11 is 0. The molecule has 0 spiro atoms. The highest BCUT2D eigenvalue weighted by Crippen LogP contribution is 2.02. The number of halogens is 1. The molecule has 0 amide bonds. The highest BCUT2D eigenvalue weighted by molar-refractivity contribution is 14.0. The molecule has 2 N–H and O–H groups in total. The molecule has 11 heteroatoms. The molecular formula is C15H30IN7O2S. The fourth-order valence-electron chi connectivity index (χ4n) is 2.65. The van der Waals surface area contributed by atoms with Gasteiger partial charge in [0, 0.05) is 45.7 Å². The SMILES string of the molecule is CCNC(=NCCN1CCS(=O)(=O)CC1)NCCn1cnnc1CC.I. The van der Waals surface area contributed by atoms with Crippen LogP contribution in [0.1, 0.15) is 19.7 Å². The number of rotatable bonds is 8. The van der Waals surface area contributed by atoms with Crippen LogP contribution in [0.25, 0.3) is 0 Å². The summed E-state index contributed by atoms with van der Waals surface area (Å²) in [4.78, 5) is 6.72. The first-order valence-electron chi connectivity index (χ1n) is 8.85. The van der Waals surface area contributed by atoms with Crippen molar-refractivity contribution in [1.82, 2.24) is 30.3 Å². The molecule has 1 aromatic rings. The highest BCUT2D eigenvalue weighted by atomic mass is 127. The Morgan fingerprint density at radius 3 is 2.62 bits per heavy atom. The van der Waals surface area contributed by atoms with Crippen molar-refractivity contribution >= 4 is 39.8 Å². The minimum atomic E-state index is -2.82. The average molecular weight is 499 g/mol. The molecule has 150 valence electrons. The predicted molar refractivity (Wildman–Crippen MR) is 114 cm³/mol. The molecule has 0 bridgehead atoms. The van der Waals surface area contributed by atoms with E-state index in [-0.39, 0.29) is 35.5 Å². The maximum atomic E-state index is 11.4. The van der Waals surface area contributed by atoms with Crippen molar-refractivity contribution in [3.05, 3.63) is 12.2 Å². The van der Waals surface area contributed by atoms with E-state index in [0.29, 0.717) is 19.6 Å². The second-order valence-corrected chi connectivity index (χ2v) is 8.28. The van der Waals surface area contributed by atoms with E-state index in [1.165, 1.54) is 0 Å². The molecule has 0 saturated carbocycles. The van der Waals surface area contributed by atoms with Gasteiger partial charge in [-0.25, -0.2) is 8.42 Å². The lowest BCUT2D eigenvalue weighted by Crippen LogP contribution is -2.42. The molecule has 1 aromatic heterocycles. The molecule has 1 fully saturated rings. The van der Waals surface area contributed by atoms with E-state index in [2.05, 4.69) is 37.6 Å². The standard InChI is InChI=1S/C15H29N7O2S.HI/c1-3-14-20-19-13-22(14)8-6-18-15(16-4-2)17-5-7-21-9-11-25(23,24)12-10-21;/h13H,3-12H2,1-2H3,(H2,16,17,18);1H. The lowest BCUT2D eigenvalue weighted by molar-refractivity contribution is 0.304. The van der Waals surface area contributed by atoms with E-state index in [9.17, 15) is 8.42 Å². The van der Waals surface area contributed by atoms with Gasteiger partial charge in [-0.05, 0) is 6.92 Å². The van der Waals surface area contributed by atoms with Gasteiger partial charge < -0.3 is 15.2 Å². The summed E-state index contributed by atoms with van der Waals surface area (Å²) < 4.78 is 24.9. The average Bonchev–Trinajstić information content (AvgIpc) is 3.04. The second kappa shape index (κ2) is 11.7. The van der Waals surface area contributed by atoms with Gasteiger partial charge in [-0.15, -0.1) is 34.2 Å². The summed E-state index contributed by atoms with van der Waals surface area (Å²) in [5.41, 5.74) is 0. The monoisotopic (exact) mass is 499 g/mol. The van der Waals surface area contributed by atoms with Gasteiger partial charge in [0.15, 0.2) is 15.8 Å². The van der Waals surface area contributed by atoms with Gasteiger partial charge in [-0.2, -0.15) is 0 Å². The Morgan fingerprint density at radius 2 is 1.96 bits per heavy atom. The van der Waals surface area contributed by atoms with Crippen molar-refractivity contribution < 1.29 is 8.42 Å². The van der Waals surface area contributed by atoms with Crippen molar-refractivity contribution in [2.24, 2.45) is 4.99 Å². The molecule has 1 saturated heterocycles. The molecular weight excluding hydrogens is 469 g/mol. The van der Waals surface area contributed by atoms with Crippen LogP contribution in [0.3, 0.4) is 0 Å². The zero-order chi connectivity index (χ0) is 18.1. The Kier molecular flexibility index (Phi) is 10.4. The van der Waals surface area contributed by atoms with Crippen molar-refractivity contribution in [1.29, 1.82) is 0 Å². The Hall–Kier alpha value is -0.950. The van der Waals surface area contributed by atoms with E-state index in [1.54, 1.807) is 6.33 Å². The van der Waals surface area contributed by atoms with E-state index < -0.39 is 9.84 Å². The maximum absolute atomic E-state index is 11.4. The summed E-state index contributed by atoms with van der Waals surface area (Å²) in [6, 6.07) is 0. The summed E-state index contributed by atoms with van der Waals surface area (Å²) in [5.74, 6) is 2.27. The van der Waals surface area contributed by atoms with Crippen LogP contribution in [-0.4, -0.2) is 84.8 Å². The van der Waals surface area contributed by atoms with Crippen molar-refractivity contribution in [3.8, 4) is 0 Å². The lowest BCUT2D eigenvalue weighted by Gasteiger charge is -2.25. The Labute approximate surface area is 173 Å². The quantitative estimate of drug-likeness (QED) is 0.289. The zero-order valence-electron chi connectivity index (χ0n) is 15.5. The summed E-state index contributed by atoms with van der Waals surface area (Å²) in [6.07, 6.45) is 2.61. The van der Waals surface area contributed by atoms with Crippen LogP contribution in [0.15, 0.2) is 11.3 Å². The molecule has 9 nitrogen and oxygen atoms in total. The summed E-state index contributed by atoms with van der Waals surface area (Å²) in [6.45, 7) is 9.03. The highest BCUT2D eigenvalue weighted by Gasteiger charge is 2.20. The molecule has 0 atom stereocenters. The lowest BCUT2D eigenvalue weighted by atomic mass is 10.4. The second-order valence-electron chi connectivity index (χ2n) is 5.98. The largest absolute Gasteiger partial charge is 0.357 e. The minimum absolute atomic E-state index is 0. The van der Waals surface area contributed by atoms with E-state index in [1.807, 2.05) is 11.5 Å². The van der Waals surface area contributed by atoms with Gasteiger partial charge in [0.1, 0.15) is 12.2 Å². The summed E-state index contributed by atoms with van der Waals surface area (Å²) in [5, 5.41) is 14.5. The molecule has 0 unspecified atom stereocenters. The van der Waals surface area contributed by atoms with E-state index in [4.69, 9.17) is 0 Å². The number of nitrogens with one attached hydrogen (secondary N) is 2. The van der Waals surface area contributed by atoms with Gasteiger partial charge in [-0.3, -0.25) is 9.89 Å². The van der Waals surface area contributed by atoms with E-state index >= 15 is 0 Å². The number of sulfone groups is 1. The fourth-order valence-corrected chi connectivity index (χ4v) is 3.93. The van der Waals surface area contributed by atoms with Crippen LogP contribution < -0.4 is 10.6 Å². The molecule has 1 aliphatic rings. The van der Waals surface area contributed by atoms with Crippen LogP contribution in [0.2, 0.25) is 0 Å². The minimum Gasteiger partial charge on any atom is -0.357 e. The van der Waals surface area contributed by atoms with Gasteiger partial charge >= 0.3 is 0 Å². The number of hydrogen-bond donors (Lipinski definition) is 2. The zero-order valence-corrected chi connectivity index (χ0v) is 18.7. The molecule has 0 aliphatic carbocycles. The topological polar surface area (TPSA) is 105 Å². The van der Waals surface area contributed by atoms with Crippen LogP contribution in [-0.2, 0) is 22.8 Å². The molecule has 26 heavy (non-hydrogen) atoms. The Balaban J connectivity index is 0.00000338. The number of nitrogens with zero attached hydrogens (tertiary/aromatic N) is 5. The van der Waals surface area contributed by atoms with Gasteiger partial charge in [-0.1, -0.05) is 6.92 Å². The Bertz CT molecular complexity index is 649. The first kappa shape index (κ1) is 23.1. The van der Waals surface area contributed by atoms with Crippen molar-refractivity contribution in [2.75, 3.05) is 50.8 Å². The van der Waals surface area contributed by atoms with Crippen molar-refractivity contribution in [3.63, 3.8) is 0 Å². The third kappa shape index (κ3) is 7.74. The number of aliphatic imine (C=N–C) groups is 1. The maximum Gasteiger partial charge on any atom is 0.191 e. The molecule has 2 rings (SSSR count). The molecule has 0 radical (unpaired) electrons. The number of aryl methyl sites for hydroxylation is 1. The third-order valence-corrected chi connectivity index (χ3v) is 5.73. The third-order valence-electron chi connectivity index (χ3n) is 4.12. The molecule has 2 heterocycles. The van der Waals surface area contributed by atoms with Crippen molar-refractivity contribution in [2.45, 2.75) is 26.8 Å². The van der Waals surface area contributed by atoms with Crippen LogP contribution in [0, 0.1) is 0 Å². The fraction of sp³-hybridized carbons (Fsp3) is 0.800. The first-order chi connectivity index (χ1) is 12.0. The summed E-state index contributed by atoms with van der Waals surface area (Å²) in [7, 11) is -2.82. The first-order valence-corrected chi connectivity index (χ1v) is 10.7. The van der Waals surface area contributed by atoms with Gasteiger partial charge in [0.25, 0.3) is 0 Å². The predicted octanol–water partition coefficient (Wildman–Crippen LogP) is -0.256. The van der Waals surface area contributed by atoms with Gasteiger partial charge in [0.2, 0.25) is 0 Å². The number of aromatic nitrogens is 3. The molecule has 1 aliphatic heterocycles. The van der Waals surface area contributed by atoms with E-state index in [0.717, 1.165) is 44.4 Å². The number of hydrogen-bond acceptors (Lipinski definition) is 6. The normalized spacial score (nSPS) is 17.5. The van der Waals surface area contributed by atoms with Crippen LogP contribution in [0.4, 0.5) is 0 Å². The number of guanidine groups is 1. The van der Waals surface area contributed by atoms with Gasteiger partial charge in [0.05, 0.1) is 18.1 Å². The Morgan fingerprint density at radius 1 is 1.23 bits per heavy atom.